The Bertz CT molecular complexity index is 218. The standard InChI is InChI=1S/C14H28N2S/c1-2-7-15-8-10-16(11-9-15)12-14(13-17)5-3-4-6-14/h17H,2-13H2,1H3. The predicted molar refractivity (Wildman–Crippen MR) is 77.9 cm³/mol. The maximum absolute atomic E-state index is 4.62. The molecule has 1 saturated carbocycles. The first-order valence-corrected chi connectivity index (χ1v) is 7.97. The lowest BCUT2D eigenvalue weighted by Gasteiger charge is -2.39. The van der Waals surface area contributed by atoms with Gasteiger partial charge in [0.15, 0.2) is 0 Å². The Hall–Kier alpha value is 0.270. The minimum Gasteiger partial charge on any atom is -0.301 e. The van der Waals surface area contributed by atoms with Crippen LogP contribution in [0.15, 0.2) is 0 Å². The molecular formula is C14H28N2S. The third-order valence-corrected chi connectivity index (χ3v) is 5.23. The van der Waals surface area contributed by atoms with Crippen molar-refractivity contribution in [3.63, 3.8) is 0 Å². The quantitative estimate of drug-likeness (QED) is 0.755. The zero-order chi connectivity index (χ0) is 12.1. The van der Waals surface area contributed by atoms with E-state index < -0.39 is 0 Å². The van der Waals surface area contributed by atoms with Gasteiger partial charge in [0.1, 0.15) is 0 Å². The van der Waals surface area contributed by atoms with E-state index in [1.165, 1.54) is 71.4 Å². The summed E-state index contributed by atoms with van der Waals surface area (Å²) in [6, 6.07) is 0. The summed E-state index contributed by atoms with van der Waals surface area (Å²) in [4.78, 5) is 5.30. The van der Waals surface area contributed by atoms with Crippen LogP contribution in [0.3, 0.4) is 0 Å². The summed E-state index contributed by atoms with van der Waals surface area (Å²) in [7, 11) is 0. The van der Waals surface area contributed by atoms with Crippen molar-refractivity contribution in [3.05, 3.63) is 0 Å². The van der Waals surface area contributed by atoms with Gasteiger partial charge in [-0.3, -0.25) is 0 Å². The van der Waals surface area contributed by atoms with Crippen LogP contribution in [-0.4, -0.2) is 54.8 Å². The molecule has 0 aromatic rings. The van der Waals surface area contributed by atoms with Crippen LogP contribution in [0.5, 0.6) is 0 Å². The molecule has 0 amide bonds. The van der Waals surface area contributed by atoms with Gasteiger partial charge in [0.25, 0.3) is 0 Å². The Labute approximate surface area is 112 Å². The van der Waals surface area contributed by atoms with E-state index >= 15 is 0 Å². The van der Waals surface area contributed by atoms with Crippen molar-refractivity contribution in [2.24, 2.45) is 5.41 Å². The lowest BCUT2D eigenvalue weighted by atomic mass is 9.87. The van der Waals surface area contributed by atoms with Crippen molar-refractivity contribution in [2.75, 3.05) is 45.0 Å². The van der Waals surface area contributed by atoms with Crippen LogP contribution < -0.4 is 0 Å². The first-order chi connectivity index (χ1) is 8.28. The molecule has 0 aromatic carbocycles. The van der Waals surface area contributed by atoms with Crippen molar-refractivity contribution >= 4 is 12.6 Å². The molecule has 0 spiro atoms. The lowest BCUT2D eigenvalue weighted by molar-refractivity contribution is 0.0946. The molecule has 1 aliphatic heterocycles. The van der Waals surface area contributed by atoms with Gasteiger partial charge >= 0.3 is 0 Å². The van der Waals surface area contributed by atoms with Gasteiger partial charge in [0, 0.05) is 32.7 Å². The SMILES string of the molecule is CCCN1CCN(CC2(CS)CCCC2)CC1. The normalized spacial score (nSPS) is 26.5. The average Bonchev–Trinajstić information content (AvgIpc) is 2.81. The summed E-state index contributed by atoms with van der Waals surface area (Å²) in [6.45, 7) is 9.96. The van der Waals surface area contributed by atoms with Gasteiger partial charge in [0.2, 0.25) is 0 Å². The molecule has 2 fully saturated rings. The number of nitrogens with zero attached hydrogens (tertiary/aromatic N) is 2. The Morgan fingerprint density at radius 2 is 1.59 bits per heavy atom. The number of piperazine rings is 1. The molecule has 0 unspecified atom stereocenters. The molecular weight excluding hydrogens is 228 g/mol. The summed E-state index contributed by atoms with van der Waals surface area (Å²) >= 11 is 4.62. The Balaban J connectivity index is 1.77. The van der Waals surface area contributed by atoms with Gasteiger partial charge in [-0.05, 0) is 37.0 Å². The van der Waals surface area contributed by atoms with Crippen LogP contribution in [0.2, 0.25) is 0 Å². The third-order valence-electron chi connectivity index (χ3n) is 4.56. The van der Waals surface area contributed by atoms with Crippen LogP contribution in [0, 0.1) is 5.41 Å². The van der Waals surface area contributed by atoms with Gasteiger partial charge in [-0.2, -0.15) is 12.6 Å². The van der Waals surface area contributed by atoms with Gasteiger partial charge in [0.05, 0.1) is 0 Å². The van der Waals surface area contributed by atoms with E-state index in [4.69, 9.17) is 0 Å². The number of rotatable bonds is 5. The van der Waals surface area contributed by atoms with Crippen molar-refractivity contribution in [2.45, 2.75) is 39.0 Å². The fraction of sp³-hybridized carbons (Fsp3) is 1.00. The maximum atomic E-state index is 4.62. The summed E-state index contributed by atoms with van der Waals surface area (Å²) in [5.41, 5.74) is 0.552. The minimum atomic E-state index is 0.552. The average molecular weight is 256 g/mol. The summed E-state index contributed by atoms with van der Waals surface area (Å²) in [5.74, 6) is 1.09. The van der Waals surface area contributed by atoms with E-state index in [1.807, 2.05) is 0 Å². The topological polar surface area (TPSA) is 6.48 Å². The molecule has 17 heavy (non-hydrogen) atoms. The van der Waals surface area contributed by atoms with Crippen molar-refractivity contribution in [1.29, 1.82) is 0 Å². The monoisotopic (exact) mass is 256 g/mol. The van der Waals surface area contributed by atoms with E-state index in [2.05, 4.69) is 29.4 Å². The zero-order valence-corrected chi connectivity index (χ0v) is 12.2. The van der Waals surface area contributed by atoms with Crippen LogP contribution in [0.1, 0.15) is 39.0 Å². The van der Waals surface area contributed by atoms with Crippen molar-refractivity contribution in [1.82, 2.24) is 9.80 Å². The van der Waals surface area contributed by atoms with Gasteiger partial charge in [-0.15, -0.1) is 0 Å². The highest BCUT2D eigenvalue weighted by molar-refractivity contribution is 7.80. The maximum Gasteiger partial charge on any atom is 0.0110 e. The van der Waals surface area contributed by atoms with Crippen LogP contribution in [-0.2, 0) is 0 Å². The van der Waals surface area contributed by atoms with Crippen LogP contribution in [0.4, 0.5) is 0 Å². The summed E-state index contributed by atoms with van der Waals surface area (Å²) < 4.78 is 0. The van der Waals surface area contributed by atoms with Crippen LogP contribution >= 0.6 is 12.6 Å². The first kappa shape index (κ1) is 13.7. The molecule has 0 N–H and O–H groups in total. The molecule has 0 radical (unpaired) electrons. The molecule has 1 saturated heterocycles. The van der Waals surface area contributed by atoms with Crippen molar-refractivity contribution in [3.8, 4) is 0 Å². The fourth-order valence-corrected chi connectivity index (χ4v) is 3.87. The highest BCUT2D eigenvalue weighted by atomic mass is 32.1. The number of hydrogen-bond donors (Lipinski definition) is 1. The molecule has 0 aromatic heterocycles. The second kappa shape index (κ2) is 6.44. The molecule has 0 bridgehead atoms. The Kier molecular flexibility index (Phi) is 5.19. The molecule has 1 heterocycles. The van der Waals surface area contributed by atoms with E-state index in [-0.39, 0.29) is 0 Å². The molecule has 0 atom stereocenters. The molecule has 3 heteroatoms. The van der Waals surface area contributed by atoms with Crippen LogP contribution in [0.25, 0.3) is 0 Å². The Morgan fingerprint density at radius 3 is 2.12 bits per heavy atom. The molecule has 2 aliphatic rings. The first-order valence-electron chi connectivity index (χ1n) is 7.33. The highest BCUT2D eigenvalue weighted by Crippen LogP contribution is 2.39. The zero-order valence-electron chi connectivity index (χ0n) is 11.3. The largest absolute Gasteiger partial charge is 0.301 e. The van der Waals surface area contributed by atoms with Gasteiger partial charge < -0.3 is 9.80 Å². The van der Waals surface area contributed by atoms with Gasteiger partial charge in [-0.25, -0.2) is 0 Å². The molecule has 100 valence electrons. The molecule has 1 aliphatic carbocycles. The fourth-order valence-electron chi connectivity index (χ4n) is 3.45. The summed E-state index contributed by atoms with van der Waals surface area (Å²) in [6.07, 6.45) is 6.96. The van der Waals surface area contributed by atoms with E-state index in [1.54, 1.807) is 0 Å². The van der Waals surface area contributed by atoms with E-state index in [0.717, 1.165) is 5.75 Å². The second-order valence-electron chi connectivity index (χ2n) is 5.98. The predicted octanol–water partition coefficient (Wildman–Crippen LogP) is 2.50. The third kappa shape index (κ3) is 3.62. The van der Waals surface area contributed by atoms with E-state index in [0.29, 0.717) is 5.41 Å². The smallest absolute Gasteiger partial charge is 0.0110 e. The Morgan fingerprint density at radius 1 is 1.00 bits per heavy atom. The summed E-state index contributed by atoms with van der Waals surface area (Å²) in [5, 5.41) is 0. The highest BCUT2D eigenvalue weighted by Gasteiger charge is 2.34. The lowest BCUT2D eigenvalue weighted by Crippen LogP contribution is -2.49. The molecule has 2 rings (SSSR count). The second-order valence-corrected chi connectivity index (χ2v) is 6.30. The number of hydrogen-bond acceptors (Lipinski definition) is 3. The number of thiol groups is 1. The van der Waals surface area contributed by atoms with Gasteiger partial charge in [-0.1, -0.05) is 19.8 Å². The molecule has 2 nitrogen and oxygen atoms in total. The minimum absolute atomic E-state index is 0.552. The van der Waals surface area contributed by atoms with Crippen molar-refractivity contribution < 1.29 is 0 Å². The van der Waals surface area contributed by atoms with E-state index in [9.17, 15) is 0 Å².